The van der Waals surface area contributed by atoms with Gasteiger partial charge in [0.05, 0.1) is 0 Å². The van der Waals surface area contributed by atoms with Crippen LogP contribution in [0.1, 0.15) is 12.2 Å². The molecule has 1 aromatic carbocycles. The molecule has 7 nitrogen and oxygen atoms in total. The first kappa shape index (κ1) is 21.4. The number of aryl methyl sites for hydroxylation is 1. The smallest absolute Gasteiger partial charge is 0.193 e. The van der Waals surface area contributed by atoms with Gasteiger partial charge in [-0.3, -0.25) is 9.39 Å². The van der Waals surface area contributed by atoms with Gasteiger partial charge in [-0.15, -0.1) is 34.2 Å². The van der Waals surface area contributed by atoms with Crippen LogP contribution in [0.15, 0.2) is 59.7 Å². The van der Waals surface area contributed by atoms with Gasteiger partial charge in [0.1, 0.15) is 5.82 Å². The molecule has 3 aromatic rings. The Morgan fingerprint density at radius 1 is 1.00 bits per heavy atom. The van der Waals surface area contributed by atoms with Gasteiger partial charge in [-0.1, -0.05) is 24.3 Å². The fraction of sp³-hybridized carbons (Fsp3) is 0.381. The lowest BCUT2D eigenvalue weighted by Gasteiger charge is -2.37. The highest BCUT2D eigenvalue weighted by Crippen LogP contribution is 2.15. The number of aliphatic imine (C=N–C) groups is 1. The number of rotatable bonds is 5. The summed E-state index contributed by atoms with van der Waals surface area (Å²) >= 11 is 0. The molecule has 0 aliphatic carbocycles. The minimum absolute atomic E-state index is 0. The molecule has 0 bridgehead atoms. The van der Waals surface area contributed by atoms with Crippen molar-refractivity contribution in [2.45, 2.75) is 12.8 Å². The van der Waals surface area contributed by atoms with E-state index in [1.165, 1.54) is 5.69 Å². The molecule has 29 heavy (non-hydrogen) atoms. The first-order chi connectivity index (χ1) is 13.8. The topological polar surface area (TPSA) is 61.1 Å². The Bertz CT molecular complexity index is 917. The first-order valence-electron chi connectivity index (χ1n) is 9.89. The molecule has 1 N–H and O–H groups in total. The minimum Gasteiger partial charge on any atom is -0.368 e. The Morgan fingerprint density at radius 3 is 2.52 bits per heavy atom. The Balaban J connectivity index is 0.00000240. The van der Waals surface area contributed by atoms with E-state index in [9.17, 15) is 0 Å². The van der Waals surface area contributed by atoms with Gasteiger partial charge in [0.2, 0.25) is 0 Å². The highest BCUT2D eigenvalue weighted by Gasteiger charge is 2.19. The van der Waals surface area contributed by atoms with Crippen molar-refractivity contribution in [2.75, 3.05) is 44.7 Å². The number of nitrogens with one attached hydrogen (secondary N) is 1. The largest absolute Gasteiger partial charge is 0.368 e. The number of halogens is 1. The number of para-hydroxylation sites is 1. The van der Waals surface area contributed by atoms with Gasteiger partial charge < -0.3 is 15.1 Å². The standard InChI is InChI=1S/C21H27N7.HI/c1-22-21(27-16-14-26(15-17-27)18-8-3-2-4-9-18)23-12-7-11-20-25-24-19-10-5-6-13-28(19)20;/h2-6,8-10,13H,7,11-12,14-17H2,1H3,(H,22,23);1H. The van der Waals surface area contributed by atoms with Crippen molar-refractivity contribution in [3.8, 4) is 0 Å². The van der Waals surface area contributed by atoms with Gasteiger partial charge in [-0.2, -0.15) is 0 Å². The van der Waals surface area contributed by atoms with Gasteiger partial charge in [0.15, 0.2) is 11.6 Å². The average molecular weight is 505 g/mol. The minimum atomic E-state index is 0. The molecule has 0 spiro atoms. The van der Waals surface area contributed by atoms with E-state index in [4.69, 9.17) is 0 Å². The first-order valence-corrected chi connectivity index (χ1v) is 9.89. The molecule has 2 aromatic heterocycles. The van der Waals surface area contributed by atoms with Crippen LogP contribution in [0.4, 0.5) is 5.69 Å². The fourth-order valence-electron chi connectivity index (χ4n) is 3.66. The van der Waals surface area contributed by atoms with Crippen molar-refractivity contribution >= 4 is 41.3 Å². The summed E-state index contributed by atoms with van der Waals surface area (Å²) in [6.45, 7) is 4.84. The molecule has 3 heterocycles. The van der Waals surface area contributed by atoms with E-state index in [2.05, 4.69) is 65.0 Å². The van der Waals surface area contributed by atoms with Crippen molar-refractivity contribution in [3.63, 3.8) is 0 Å². The van der Waals surface area contributed by atoms with Crippen LogP contribution in [-0.2, 0) is 6.42 Å². The van der Waals surface area contributed by atoms with Crippen LogP contribution in [-0.4, -0.2) is 65.2 Å². The number of pyridine rings is 1. The maximum atomic E-state index is 4.47. The van der Waals surface area contributed by atoms with Crippen molar-refractivity contribution < 1.29 is 0 Å². The second kappa shape index (κ2) is 10.4. The lowest BCUT2D eigenvalue weighted by atomic mass is 10.2. The van der Waals surface area contributed by atoms with Crippen LogP contribution in [0.5, 0.6) is 0 Å². The van der Waals surface area contributed by atoms with Gasteiger partial charge in [0, 0.05) is 58.1 Å². The third-order valence-corrected chi connectivity index (χ3v) is 5.16. The van der Waals surface area contributed by atoms with Crippen LogP contribution in [0.25, 0.3) is 5.65 Å². The van der Waals surface area contributed by atoms with Gasteiger partial charge in [0.25, 0.3) is 0 Å². The SMILES string of the molecule is CN=C(NCCCc1nnc2ccccn12)N1CCN(c2ccccc2)CC1.I. The molecule has 0 radical (unpaired) electrons. The normalized spacial score (nSPS) is 14.7. The zero-order chi connectivity index (χ0) is 19.2. The summed E-state index contributed by atoms with van der Waals surface area (Å²) in [5.41, 5.74) is 2.20. The molecule has 4 rings (SSSR count). The molecule has 1 aliphatic rings. The molecule has 0 atom stereocenters. The number of fused-ring (bicyclic) bond motifs is 1. The molecule has 154 valence electrons. The third-order valence-electron chi connectivity index (χ3n) is 5.16. The van der Waals surface area contributed by atoms with E-state index in [0.717, 1.165) is 63.0 Å². The molecule has 1 aliphatic heterocycles. The van der Waals surface area contributed by atoms with Crippen molar-refractivity contribution in [1.82, 2.24) is 24.8 Å². The zero-order valence-corrected chi connectivity index (χ0v) is 19.1. The molecule has 0 saturated carbocycles. The second-order valence-corrected chi connectivity index (χ2v) is 6.93. The van der Waals surface area contributed by atoms with E-state index in [1.807, 2.05) is 31.4 Å². The van der Waals surface area contributed by atoms with Crippen molar-refractivity contribution in [3.05, 3.63) is 60.6 Å². The summed E-state index contributed by atoms with van der Waals surface area (Å²) in [4.78, 5) is 9.24. The molecule has 0 unspecified atom stereocenters. The molecule has 8 heteroatoms. The van der Waals surface area contributed by atoms with Crippen molar-refractivity contribution in [2.24, 2.45) is 4.99 Å². The van der Waals surface area contributed by atoms with E-state index in [-0.39, 0.29) is 24.0 Å². The highest BCUT2D eigenvalue weighted by molar-refractivity contribution is 14.0. The fourth-order valence-corrected chi connectivity index (χ4v) is 3.66. The molecular weight excluding hydrogens is 477 g/mol. The van der Waals surface area contributed by atoms with Crippen molar-refractivity contribution in [1.29, 1.82) is 0 Å². The number of aromatic nitrogens is 3. The summed E-state index contributed by atoms with van der Waals surface area (Å²) in [6.07, 6.45) is 3.89. The maximum Gasteiger partial charge on any atom is 0.193 e. The number of nitrogens with zero attached hydrogens (tertiary/aromatic N) is 6. The number of anilines is 1. The summed E-state index contributed by atoms with van der Waals surface area (Å²) in [5.74, 6) is 1.99. The predicted molar refractivity (Wildman–Crippen MR) is 128 cm³/mol. The Kier molecular flexibility index (Phi) is 7.68. The van der Waals surface area contributed by atoms with Gasteiger partial charge in [-0.05, 0) is 30.7 Å². The summed E-state index contributed by atoms with van der Waals surface area (Å²) < 4.78 is 2.05. The number of hydrogen-bond donors (Lipinski definition) is 1. The van der Waals surface area contributed by atoms with Crippen LogP contribution in [0.2, 0.25) is 0 Å². The van der Waals surface area contributed by atoms with Gasteiger partial charge in [-0.25, -0.2) is 0 Å². The third kappa shape index (κ3) is 5.17. The Labute approximate surface area is 188 Å². The number of piperazine rings is 1. The molecule has 1 fully saturated rings. The lowest BCUT2D eigenvalue weighted by Crippen LogP contribution is -2.52. The maximum absolute atomic E-state index is 4.47. The lowest BCUT2D eigenvalue weighted by molar-refractivity contribution is 0.372. The number of guanidine groups is 1. The zero-order valence-electron chi connectivity index (χ0n) is 16.7. The molecule has 1 saturated heterocycles. The Morgan fingerprint density at radius 2 is 1.76 bits per heavy atom. The van der Waals surface area contributed by atoms with Crippen LogP contribution in [0, 0.1) is 0 Å². The summed E-state index contributed by atoms with van der Waals surface area (Å²) in [6, 6.07) is 16.6. The van der Waals surface area contributed by atoms with Crippen LogP contribution >= 0.6 is 24.0 Å². The summed E-state index contributed by atoms with van der Waals surface area (Å²) in [7, 11) is 1.86. The summed E-state index contributed by atoms with van der Waals surface area (Å²) in [5, 5.41) is 12.0. The number of hydrogen-bond acceptors (Lipinski definition) is 4. The highest BCUT2D eigenvalue weighted by atomic mass is 127. The second-order valence-electron chi connectivity index (χ2n) is 6.93. The van der Waals surface area contributed by atoms with Crippen LogP contribution < -0.4 is 10.2 Å². The Hall–Kier alpha value is -2.36. The quantitative estimate of drug-likeness (QED) is 0.250. The molecule has 0 amide bonds. The van der Waals surface area contributed by atoms with E-state index >= 15 is 0 Å². The van der Waals surface area contributed by atoms with E-state index in [1.54, 1.807) is 0 Å². The monoisotopic (exact) mass is 505 g/mol. The average Bonchev–Trinajstić information content (AvgIpc) is 3.18. The van der Waals surface area contributed by atoms with Crippen LogP contribution in [0.3, 0.4) is 0 Å². The number of benzene rings is 1. The van der Waals surface area contributed by atoms with E-state index < -0.39 is 0 Å². The van der Waals surface area contributed by atoms with E-state index in [0.29, 0.717) is 0 Å². The van der Waals surface area contributed by atoms with Gasteiger partial charge >= 0.3 is 0 Å². The molecular formula is C21H28IN7. The predicted octanol–water partition coefficient (Wildman–Crippen LogP) is 2.68.